The first-order valence-electron chi connectivity index (χ1n) is 8.73. The average molecular weight is 339 g/mol. The maximum absolute atomic E-state index is 12.4. The highest BCUT2D eigenvalue weighted by atomic mass is 16.3. The molecule has 0 saturated carbocycles. The molecular formula is C20H25N3O2. The lowest BCUT2D eigenvalue weighted by Crippen LogP contribution is -2.48. The molecule has 1 amide bonds. The number of hydrogen-bond acceptors (Lipinski definition) is 4. The minimum atomic E-state index is 0.195. The zero-order valence-electron chi connectivity index (χ0n) is 14.4. The van der Waals surface area contributed by atoms with Gasteiger partial charge in [0, 0.05) is 44.8 Å². The van der Waals surface area contributed by atoms with Gasteiger partial charge in [0.25, 0.3) is 0 Å². The molecule has 2 aromatic carbocycles. The number of amides is 1. The molecule has 5 nitrogen and oxygen atoms in total. The smallest absolute Gasteiger partial charge is 0.222 e. The van der Waals surface area contributed by atoms with E-state index in [-0.39, 0.29) is 5.91 Å². The first kappa shape index (κ1) is 17.3. The monoisotopic (exact) mass is 339 g/mol. The Morgan fingerprint density at radius 2 is 1.80 bits per heavy atom. The Bertz CT molecular complexity index is 724. The summed E-state index contributed by atoms with van der Waals surface area (Å²) in [6, 6.07) is 15.1. The number of piperazine rings is 1. The molecule has 0 aliphatic carbocycles. The molecule has 25 heavy (non-hydrogen) atoms. The summed E-state index contributed by atoms with van der Waals surface area (Å²) in [6.45, 7) is 4.02. The molecule has 0 spiro atoms. The highest BCUT2D eigenvalue weighted by Crippen LogP contribution is 2.16. The van der Waals surface area contributed by atoms with Crippen LogP contribution in [0.2, 0.25) is 0 Å². The second-order valence-electron chi connectivity index (χ2n) is 6.53. The summed E-state index contributed by atoms with van der Waals surface area (Å²) in [6.07, 6.45) is 1.19. The summed E-state index contributed by atoms with van der Waals surface area (Å²) in [7, 11) is 0. The van der Waals surface area contributed by atoms with Gasteiger partial charge in [-0.25, -0.2) is 0 Å². The van der Waals surface area contributed by atoms with Crippen LogP contribution in [-0.4, -0.2) is 47.0 Å². The third kappa shape index (κ3) is 4.73. The summed E-state index contributed by atoms with van der Waals surface area (Å²) >= 11 is 0. The molecule has 1 saturated heterocycles. The second-order valence-corrected chi connectivity index (χ2v) is 6.53. The molecule has 1 fully saturated rings. The van der Waals surface area contributed by atoms with Crippen LogP contribution >= 0.6 is 0 Å². The third-order valence-electron chi connectivity index (χ3n) is 4.71. The molecule has 5 heteroatoms. The Balaban J connectivity index is 1.45. The molecule has 1 aliphatic rings. The van der Waals surface area contributed by atoms with E-state index in [2.05, 4.69) is 4.90 Å². The van der Waals surface area contributed by atoms with Crippen LogP contribution in [0.15, 0.2) is 48.5 Å². The Labute approximate surface area is 148 Å². The maximum atomic E-state index is 12.4. The van der Waals surface area contributed by atoms with Gasteiger partial charge in [0.2, 0.25) is 5.91 Å². The Morgan fingerprint density at radius 1 is 1.04 bits per heavy atom. The normalized spacial score (nSPS) is 15.3. The number of phenolic OH excluding ortho intramolecular Hbond substituents is 1. The number of aryl methyl sites for hydroxylation is 1. The summed E-state index contributed by atoms with van der Waals surface area (Å²) in [5, 5.41) is 9.55. The number of carbonyl (C=O) groups is 1. The van der Waals surface area contributed by atoms with Gasteiger partial charge in [-0.15, -0.1) is 0 Å². The van der Waals surface area contributed by atoms with E-state index in [0.717, 1.165) is 49.5 Å². The molecular weight excluding hydrogens is 314 g/mol. The van der Waals surface area contributed by atoms with E-state index in [1.165, 1.54) is 0 Å². The van der Waals surface area contributed by atoms with Gasteiger partial charge in [-0.3, -0.25) is 9.69 Å². The average Bonchev–Trinajstić information content (AvgIpc) is 2.61. The quantitative estimate of drug-likeness (QED) is 0.820. The van der Waals surface area contributed by atoms with Crippen LogP contribution in [0.5, 0.6) is 5.75 Å². The van der Waals surface area contributed by atoms with Crippen molar-refractivity contribution in [3.8, 4) is 5.75 Å². The third-order valence-corrected chi connectivity index (χ3v) is 4.71. The molecule has 2 aromatic rings. The first-order chi connectivity index (χ1) is 12.1. The molecule has 3 rings (SSSR count). The lowest BCUT2D eigenvalue weighted by molar-refractivity contribution is -0.132. The fourth-order valence-electron chi connectivity index (χ4n) is 3.23. The predicted octanol–water partition coefficient (Wildman–Crippen LogP) is 2.25. The number of benzene rings is 2. The number of anilines is 1. The van der Waals surface area contributed by atoms with Crippen molar-refractivity contribution in [3.63, 3.8) is 0 Å². The number of hydrogen-bond donors (Lipinski definition) is 2. The molecule has 132 valence electrons. The minimum Gasteiger partial charge on any atom is -0.508 e. The Morgan fingerprint density at radius 3 is 2.52 bits per heavy atom. The Kier molecular flexibility index (Phi) is 5.56. The van der Waals surface area contributed by atoms with Gasteiger partial charge >= 0.3 is 0 Å². The predicted molar refractivity (Wildman–Crippen MR) is 99.1 cm³/mol. The van der Waals surface area contributed by atoms with Crippen LogP contribution in [0.1, 0.15) is 17.5 Å². The summed E-state index contributed by atoms with van der Waals surface area (Å²) in [5.74, 6) is 0.492. The standard InChI is InChI=1S/C20H25N3O2/c21-19-7-2-1-5-17(19)8-9-20(25)23-12-10-22(11-13-23)15-16-4-3-6-18(24)14-16/h1-7,14,24H,8-13,15,21H2. The van der Waals surface area contributed by atoms with Crippen molar-refractivity contribution in [2.75, 3.05) is 31.9 Å². The molecule has 3 N–H and O–H groups in total. The zero-order valence-corrected chi connectivity index (χ0v) is 14.4. The van der Waals surface area contributed by atoms with Crippen LogP contribution in [0, 0.1) is 0 Å². The molecule has 0 radical (unpaired) electrons. The largest absolute Gasteiger partial charge is 0.508 e. The highest BCUT2D eigenvalue weighted by molar-refractivity contribution is 5.76. The number of nitrogens with zero attached hydrogens (tertiary/aromatic N) is 2. The van der Waals surface area contributed by atoms with Crippen molar-refractivity contribution in [2.45, 2.75) is 19.4 Å². The Hall–Kier alpha value is -2.53. The minimum absolute atomic E-state index is 0.195. The molecule has 1 aliphatic heterocycles. The van der Waals surface area contributed by atoms with E-state index < -0.39 is 0 Å². The number of rotatable bonds is 5. The van der Waals surface area contributed by atoms with Crippen molar-refractivity contribution in [1.82, 2.24) is 9.80 Å². The van der Waals surface area contributed by atoms with E-state index in [4.69, 9.17) is 5.73 Å². The van der Waals surface area contributed by atoms with Gasteiger partial charge in [0.1, 0.15) is 5.75 Å². The van der Waals surface area contributed by atoms with Gasteiger partial charge in [-0.1, -0.05) is 30.3 Å². The topological polar surface area (TPSA) is 69.8 Å². The van der Waals surface area contributed by atoms with Gasteiger partial charge < -0.3 is 15.7 Å². The molecule has 0 unspecified atom stereocenters. The summed E-state index contributed by atoms with van der Waals surface area (Å²) in [4.78, 5) is 16.7. The van der Waals surface area contributed by atoms with Gasteiger partial charge in [-0.2, -0.15) is 0 Å². The van der Waals surface area contributed by atoms with Gasteiger partial charge in [0.05, 0.1) is 0 Å². The van der Waals surface area contributed by atoms with Crippen molar-refractivity contribution in [3.05, 3.63) is 59.7 Å². The second kappa shape index (κ2) is 8.03. The van der Waals surface area contributed by atoms with E-state index in [9.17, 15) is 9.90 Å². The SMILES string of the molecule is Nc1ccccc1CCC(=O)N1CCN(Cc2cccc(O)c2)CC1. The van der Waals surface area contributed by atoms with Crippen molar-refractivity contribution >= 4 is 11.6 Å². The van der Waals surface area contributed by atoms with Crippen molar-refractivity contribution < 1.29 is 9.90 Å². The number of para-hydroxylation sites is 1. The number of phenols is 1. The summed E-state index contributed by atoms with van der Waals surface area (Å²) in [5.41, 5.74) is 8.83. The van der Waals surface area contributed by atoms with E-state index in [0.29, 0.717) is 18.6 Å². The molecule has 0 aromatic heterocycles. The number of carbonyl (C=O) groups excluding carboxylic acids is 1. The number of nitrogen functional groups attached to an aromatic ring is 1. The lowest BCUT2D eigenvalue weighted by atomic mass is 10.1. The van der Waals surface area contributed by atoms with Crippen molar-refractivity contribution in [2.24, 2.45) is 0 Å². The molecule has 1 heterocycles. The molecule has 0 bridgehead atoms. The fraction of sp³-hybridized carbons (Fsp3) is 0.350. The van der Waals surface area contributed by atoms with Gasteiger partial charge in [-0.05, 0) is 35.7 Å². The summed E-state index contributed by atoms with van der Waals surface area (Å²) < 4.78 is 0. The highest BCUT2D eigenvalue weighted by Gasteiger charge is 2.21. The van der Waals surface area contributed by atoms with Gasteiger partial charge in [0.15, 0.2) is 0 Å². The first-order valence-corrected chi connectivity index (χ1v) is 8.73. The van der Waals surface area contributed by atoms with E-state index >= 15 is 0 Å². The number of aromatic hydroxyl groups is 1. The van der Waals surface area contributed by atoms with Crippen LogP contribution in [0.25, 0.3) is 0 Å². The fourth-order valence-corrected chi connectivity index (χ4v) is 3.23. The maximum Gasteiger partial charge on any atom is 0.222 e. The van der Waals surface area contributed by atoms with Crippen molar-refractivity contribution in [1.29, 1.82) is 0 Å². The van der Waals surface area contributed by atoms with Crippen LogP contribution in [0.4, 0.5) is 5.69 Å². The van der Waals surface area contributed by atoms with Crippen LogP contribution < -0.4 is 5.73 Å². The van der Waals surface area contributed by atoms with E-state index in [1.54, 1.807) is 12.1 Å². The zero-order chi connectivity index (χ0) is 17.6. The molecule has 0 atom stereocenters. The van der Waals surface area contributed by atoms with E-state index in [1.807, 2.05) is 41.3 Å². The van der Waals surface area contributed by atoms with Crippen LogP contribution in [-0.2, 0) is 17.8 Å². The van der Waals surface area contributed by atoms with Crippen LogP contribution in [0.3, 0.4) is 0 Å². The lowest BCUT2D eigenvalue weighted by Gasteiger charge is -2.35. The number of nitrogens with two attached hydrogens (primary N) is 1.